The molecule has 0 aromatic heterocycles. The molecule has 0 bridgehead atoms. The number of carbonyl (C=O) groups is 2. The standard InChI is InChI=1S/C20H30N2O2/c1-4-17(5-2)20(24)22-12-8-11-21(13-14-22)19(23)15-18-10-7-6-9-16(18)3/h6-7,9-10,17H,4-5,8,11-15H2,1-3H3. The number of carbonyl (C=O) groups excluding carboxylic acids is 2. The van der Waals surface area contributed by atoms with Crippen molar-refractivity contribution in [2.45, 2.75) is 46.5 Å². The summed E-state index contributed by atoms with van der Waals surface area (Å²) < 4.78 is 0. The van der Waals surface area contributed by atoms with Crippen molar-refractivity contribution in [2.75, 3.05) is 26.2 Å². The maximum absolute atomic E-state index is 12.6. The minimum atomic E-state index is 0.124. The van der Waals surface area contributed by atoms with Gasteiger partial charge in [-0.1, -0.05) is 38.1 Å². The summed E-state index contributed by atoms with van der Waals surface area (Å²) in [6.45, 7) is 9.01. The van der Waals surface area contributed by atoms with Gasteiger partial charge in [0.25, 0.3) is 0 Å². The molecule has 1 aliphatic heterocycles. The van der Waals surface area contributed by atoms with Crippen LogP contribution in [-0.4, -0.2) is 47.8 Å². The molecule has 1 aliphatic rings. The molecule has 132 valence electrons. The highest BCUT2D eigenvalue weighted by molar-refractivity contribution is 5.80. The number of hydrogen-bond acceptors (Lipinski definition) is 2. The zero-order chi connectivity index (χ0) is 17.5. The third kappa shape index (κ3) is 4.59. The van der Waals surface area contributed by atoms with Crippen molar-refractivity contribution in [3.8, 4) is 0 Å². The number of amides is 2. The number of rotatable bonds is 5. The SMILES string of the molecule is CCC(CC)C(=O)N1CCCN(C(=O)Cc2ccccc2C)CC1. The van der Waals surface area contributed by atoms with Crippen molar-refractivity contribution in [1.29, 1.82) is 0 Å². The van der Waals surface area contributed by atoms with Crippen molar-refractivity contribution in [2.24, 2.45) is 5.92 Å². The third-order valence-electron chi connectivity index (χ3n) is 5.10. The molecule has 1 fully saturated rings. The Morgan fingerprint density at radius 1 is 1.00 bits per heavy atom. The fourth-order valence-corrected chi connectivity index (χ4v) is 3.37. The van der Waals surface area contributed by atoms with Crippen molar-refractivity contribution in [3.63, 3.8) is 0 Å². The molecule has 0 aliphatic carbocycles. The lowest BCUT2D eigenvalue weighted by Gasteiger charge is -2.25. The first kappa shape index (κ1) is 18.5. The molecule has 0 N–H and O–H groups in total. The Kier molecular flexibility index (Phi) is 6.83. The first-order chi connectivity index (χ1) is 11.6. The van der Waals surface area contributed by atoms with Crippen LogP contribution in [0.3, 0.4) is 0 Å². The summed E-state index contributed by atoms with van der Waals surface area (Å²) in [6, 6.07) is 8.04. The molecular weight excluding hydrogens is 300 g/mol. The monoisotopic (exact) mass is 330 g/mol. The summed E-state index contributed by atoms with van der Waals surface area (Å²) in [5.41, 5.74) is 2.25. The van der Waals surface area contributed by atoms with E-state index in [1.54, 1.807) is 0 Å². The molecule has 2 rings (SSSR count). The molecule has 0 atom stereocenters. The van der Waals surface area contributed by atoms with Crippen LogP contribution in [0.15, 0.2) is 24.3 Å². The molecule has 1 heterocycles. The summed E-state index contributed by atoms with van der Waals surface area (Å²) in [5, 5.41) is 0. The molecule has 24 heavy (non-hydrogen) atoms. The number of aryl methyl sites for hydroxylation is 1. The van der Waals surface area contributed by atoms with Crippen LogP contribution in [-0.2, 0) is 16.0 Å². The van der Waals surface area contributed by atoms with E-state index in [2.05, 4.69) is 13.8 Å². The Morgan fingerprint density at radius 2 is 1.62 bits per heavy atom. The van der Waals surface area contributed by atoms with Crippen LogP contribution in [0.25, 0.3) is 0 Å². The van der Waals surface area contributed by atoms with Crippen molar-refractivity contribution in [1.82, 2.24) is 9.80 Å². The zero-order valence-electron chi connectivity index (χ0n) is 15.3. The van der Waals surface area contributed by atoms with Gasteiger partial charge in [-0.25, -0.2) is 0 Å². The largest absolute Gasteiger partial charge is 0.341 e. The van der Waals surface area contributed by atoms with Crippen LogP contribution in [0, 0.1) is 12.8 Å². The van der Waals surface area contributed by atoms with Crippen molar-refractivity contribution in [3.05, 3.63) is 35.4 Å². The fraction of sp³-hybridized carbons (Fsp3) is 0.600. The molecule has 1 saturated heterocycles. The van der Waals surface area contributed by atoms with E-state index in [-0.39, 0.29) is 17.7 Å². The Balaban J connectivity index is 1.94. The lowest BCUT2D eigenvalue weighted by Crippen LogP contribution is -2.40. The van der Waals surface area contributed by atoms with Crippen molar-refractivity contribution >= 4 is 11.8 Å². The van der Waals surface area contributed by atoms with Gasteiger partial charge in [0.1, 0.15) is 0 Å². The lowest BCUT2D eigenvalue weighted by atomic mass is 10.0. The predicted molar refractivity (Wildman–Crippen MR) is 96.7 cm³/mol. The molecule has 1 aromatic rings. The average molecular weight is 330 g/mol. The highest BCUT2D eigenvalue weighted by Crippen LogP contribution is 2.15. The molecule has 0 saturated carbocycles. The van der Waals surface area contributed by atoms with Gasteiger partial charge in [0.05, 0.1) is 6.42 Å². The lowest BCUT2D eigenvalue weighted by molar-refractivity contribution is -0.136. The van der Waals surface area contributed by atoms with Crippen molar-refractivity contribution < 1.29 is 9.59 Å². The van der Waals surface area contributed by atoms with E-state index in [9.17, 15) is 9.59 Å². The third-order valence-corrected chi connectivity index (χ3v) is 5.10. The first-order valence-electron chi connectivity index (χ1n) is 9.17. The van der Waals surface area contributed by atoms with Gasteiger partial charge in [0.15, 0.2) is 0 Å². The van der Waals surface area contributed by atoms with E-state index in [4.69, 9.17) is 0 Å². The summed E-state index contributed by atoms with van der Waals surface area (Å²) in [6.07, 6.45) is 3.10. The summed E-state index contributed by atoms with van der Waals surface area (Å²) in [5.74, 6) is 0.550. The topological polar surface area (TPSA) is 40.6 Å². The van der Waals surface area contributed by atoms with Crippen LogP contribution in [0.5, 0.6) is 0 Å². The highest BCUT2D eigenvalue weighted by atomic mass is 16.2. The van der Waals surface area contributed by atoms with E-state index >= 15 is 0 Å². The Bertz CT molecular complexity index is 567. The van der Waals surface area contributed by atoms with Crippen LogP contribution in [0.4, 0.5) is 0 Å². The second-order valence-electron chi connectivity index (χ2n) is 6.68. The summed E-state index contributed by atoms with van der Waals surface area (Å²) >= 11 is 0. The maximum Gasteiger partial charge on any atom is 0.227 e. The van der Waals surface area contributed by atoms with E-state index < -0.39 is 0 Å². The number of nitrogens with zero attached hydrogens (tertiary/aromatic N) is 2. The maximum atomic E-state index is 12.6. The van der Waals surface area contributed by atoms with Crippen LogP contribution in [0.2, 0.25) is 0 Å². The van der Waals surface area contributed by atoms with E-state index in [1.165, 1.54) is 0 Å². The van der Waals surface area contributed by atoms with Crippen LogP contribution < -0.4 is 0 Å². The zero-order valence-corrected chi connectivity index (χ0v) is 15.3. The van der Waals surface area contributed by atoms with Gasteiger partial charge >= 0.3 is 0 Å². The van der Waals surface area contributed by atoms with Gasteiger partial charge in [0.2, 0.25) is 11.8 Å². The number of hydrogen-bond donors (Lipinski definition) is 0. The molecule has 4 nitrogen and oxygen atoms in total. The van der Waals surface area contributed by atoms with Gasteiger partial charge in [-0.05, 0) is 37.3 Å². The van der Waals surface area contributed by atoms with E-state index in [0.29, 0.717) is 19.5 Å². The van der Waals surface area contributed by atoms with Crippen LogP contribution >= 0.6 is 0 Å². The second kappa shape index (κ2) is 8.86. The molecule has 4 heteroatoms. The highest BCUT2D eigenvalue weighted by Gasteiger charge is 2.25. The molecule has 0 radical (unpaired) electrons. The normalized spacial score (nSPS) is 15.5. The van der Waals surface area contributed by atoms with Gasteiger partial charge in [-0.15, -0.1) is 0 Å². The number of benzene rings is 1. The molecule has 2 amide bonds. The van der Waals surface area contributed by atoms with Gasteiger partial charge in [0, 0.05) is 32.1 Å². The Hall–Kier alpha value is -1.84. The van der Waals surface area contributed by atoms with Gasteiger partial charge in [-0.2, -0.15) is 0 Å². The predicted octanol–water partition coefficient (Wildman–Crippen LogP) is 3.03. The molecular formula is C20H30N2O2. The van der Waals surface area contributed by atoms with Gasteiger partial charge < -0.3 is 9.80 Å². The summed E-state index contributed by atoms with van der Waals surface area (Å²) in [7, 11) is 0. The van der Waals surface area contributed by atoms with Gasteiger partial charge in [-0.3, -0.25) is 9.59 Å². The second-order valence-corrected chi connectivity index (χ2v) is 6.68. The Morgan fingerprint density at radius 3 is 2.29 bits per heavy atom. The first-order valence-corrected chi connectivity index (χ1v) is 9.17. The molecule has 0 spiro atoms. The van der Waals surface area contributed by atoms with E-state index in [0.717, 1.165) is 43.5 Å². The minimum Gasteiger partial charge on any atom is -0.341 e. The molecule has 0 unspecified atom stereocenters. The average Bonchev–Trinajstić information content (AvgIpc) is 2.84. The summed E-state index contributed by atoms with van der Waals surface area (Å²) in [4.78, 5) is 29.0. The fourth-order valence-electron chi connectivity index (χ4n) is 3.37. The quantitative estimate of drug-likeness (QED) is 0.832. The Labute approximate surface area is 145 Å². The van der Waals surface area contributed by atoms with E-state index in [1.807, 2.05) is 41.0 Å². The smallest absolute Gasteiger partial charge is 0.227 e. The van der Waals surface area contributed by atoms with Crippen LogP contribution in [0.1, 0.15) is 44.2 Å². The minimum absolute atomic E-state index is 0.124. The molecule has 1 aromatic carbocycles.